The van der Waals surface area contributed by atoms with Gasteiger partial charge in [-0.2, -0.15) is 0 Å². The second kappa shape index (κ2) is 12.4. The quantitative estimate of drug-likeness (QED) is 0.274. The Labute approximate surface area is 117 Å². The molecule has 0 saturated carbocycles. The van der Waals surface area contributed by atoms with Crippen molar-refractivity contribution < 1.29 is 43.1 Å². The van der Waals surface area contributed by atoms with Crippen molar-refractivity contribution in [1.29, 1.82) is 0 Å². The van der Waals surface area contributed by atoms with Gasteiger partial charge in [0.2, 0.25) is 0 Å². The second-order valence-corrected chi connectivity index (χ2v) is 4.86. The maximum atomic E-state index is 8.88. The summed E-state index contributed by atoms with van der Waals surface area (Å²) in [6.45, 7) is 0. The third kappa shape index (κ3) is 2120. The molecule has 0 rings (SSSR count). The van der Waals surface area contributed by atoms with Crippen molar-refractivity contribution in [3.63, 3.8) is 0 Å². The fraction of sp³-hybridized carbons (Fsp3) is 0. The van der Waals surface area contributed by atoms with Crippen LogP contribution in [0.15, 0.2) is 0 Å². The Morgan fingerprint density at radius 1 is 0.529 bits per heavy atom. The maximum absolute atomic E-state index is 8.88. The second-order valence-electron chi connectivity index (χ2n) is 1.62. The molecule has 0 atom stereocenters. The van der Waals surface area contributed by atoms with Crippen molar-refractivity contribution in [3.8, 4) is 0 Å². The average molecular weight is 339 g/mol. The fourth-order valence-electron chi connectivity index (χ4n) is 0. The van der Waals surface area contributed by atoms with Gasteiger partial charge >= 0.3 is 34.7 Å². The zero-order chi connectivity index (χ0) is 13.5. The molecule has 17 heavy (non-hydrogen) atoms. The van der Waals surface area contributed by atoms with Gasteiger partial charge < -0.3 is 59.6 Å². The van der Waals surface area contributed by atoms with Gasteiger partial charge in [0, 0.05) is 0 Å². The molecular formula is H6Al2N3O9P3. The van der Waals surface area contributed by atoms with E-state index in [9.17, 15) is 0 Å². The number of nitrogens with two attached hydrogens (primary N) is 3. The molecule has 17 heteroatoms. The van der Waals surface area contributed by atoms with E-state index in [1.165, 1.54) is 0 Å². The molecule has 0 fully saturated rings. The summed E-state index contributed by atoms with van der Waals surface area (Å²) in [5, 5.41) is 0. The topological polar surface area (TPSA) is 268 Å². The van der Waals surface area contributed by atoms with Gasteiger partial charge in [0.15, 0.2) is 0 Å². The van der Waals surface area contributed by atoms with Crippen molar-refractivity contribution in [2.24, 2.45) is 16.5 Å². The van der Waals surface area contributed by atoms with Crippen LogP contribution in [0.3, 0.4) is 0 Å². The van der Waals surface area contributed by atoms with Crippen LogP contribution in [-0.4, -0.2) is 34.7 Å². The molecule has 0 spiro atoms. The first-order chi connectivity index (χ1) is 6.00. The summed E-state index contributed by atoms with van der Waals surface area (Å²) in [5.41, 5.74) is 11.4. The Hall–Kier alpha value is 1.39. The van der Waals surface area contributed by atoms with Gasteiger partial charge in [-0.05, 0) is 23.2 Å². The third-order valence-electron chi connectivity index (χ3n) is 0. The van der Waals surface area contributed by atoms with E-state index in [1.54, 1.807) is 0 Å². The smallest absolute Gasteiger partial charge is 0.799 e. The Balaban J connectivity index is -0.0000000400. The summed E-state index contributed by atoms with van der Waals surface area (Å²) < 4.78 is 26.6. The van der Waals surface area contributed by atoms with E-state index in [4.69, 9.17) is 43.1 Å². The van der Waals surface area contributed by atoms with E-state index in [0.717, 1.165) is 0 Å². The van der Waals surface area contributed by atoms with Gasteiger partial charge in [-0.1, -0.05) is 0 Å². The minimum atomic E-state index is -4.64. The third-order valence-corrected chi connectivity index (χ3v) is 0. The van der Waals surface area contributed by atoms with Crippen LogP contribution in [0, 0.1) is 0 Å². The van der Waals surface area contributed by atoms with Gasteiger partial charge in [-0.3, -0.25) is 0 Å². The molecule has 0 radical (unpaired) electrons. The fourth-order valence-corrected chi connectivity index (χ4v) is 0. The van der Waals surface area contributed by atoms with Crippen LogP contribution in [0.1, 0.15) is 0 Å². The predicted molar refractivity (Wildman–Crippen MR) is 46.9 cm³/mol. The number of hydrogen-bond acceptors (Lipinski definition) is 9. The Bertz CT molecular complexity index is 216. The summed E-state index contributed by atoms with van der Waals surface area (Å²) in [6, 6.07) is 0. The summed E-state index contributed by atoms with van der Waals surface area (Å²) >= 11 is 0. The molecule has 0 aliphatic rings. The van der Waals surface area contributed by atoms with Crippen LogP contribution in [0.25, 0.3) is 0 Å². The SMILES string of the molecule is NP(=O)([O-])[O-].NP(=O)([O-])[O-].NP(=O)([O-])[O-].[Al+3].[Al+3]. The molecule has 0 aromatic carbocycles. The Morgan fingerprint density at radius 2 is 0.529 bits per heavy atom. The summed E-state index contributed by atoms with van der Waals surface area (Å²) in [5.74, 6) is 0. The molecule has 0 aliphatic heterocycles. The molecule has 0 amide bonds. The van der Waals surface area contributed by atoms with Crippen molar-refractivity contribution in [2.45, 2.75) is 0 Å². The molecule has 0 bridgehead atoms. The number of hydrogen-bond donors (Lipinski definition) is 3. The standard InChI is InChI=1S/2Al.3H4NO3P/c;;3*1-5(2,3)4/h;;3*(H4,1,2,3,4)/q2*+3;;;/p-6. The minimum absolute atomic E-state index is 0. The van der Waals surface area contributed by atoms with Gasteiger partial charge in [-0.25, -0.2) is 0 Å². The van der Waals surface area contributed by atoms with E-state index in [-0.39, 0.29) is 34.7 Å². The summed E-state index contributed by atoms with van der Waals surface area (Å²) in [4.78, 5) is 53.3. The molecule has 0 unspecified atom stereocenters. The molecular weight excluding hydrogens is 333 g/mol. The van der Waals surface area contributed by atoms with Crippen LogP contribution in [0.4, 0.5) is 0 Å². The maximum Gasteiger partial charge on any atom is 3.00 e. The van der Waals surface area contributed by atoms with Crippen LogP contribution < -0.4 is 45.9 Å². The molecule has 0 saturated heterocycles. The van der Waals surface area contributed by atoms with Gasteiger partial charge in [0.25, 0.3) is 0 Å². The summed E-state index contributed by atoms with van der Waals surface area (Å²) in [6.07, 6.45) is 0. The van der Waals surface area contributed by atoms with E-state index in [2.05, 4.69) is 16.5 Å². The normalized spacial score (nSPS) is 10.4. The van der Waals surface area contributed by atoms with Gasteiger partial charge in [-0.15, -0.1) is 0 Å². The van der Waals surface area contributed by atoms with E-state index < -0.39 is 23.2 Å². The van der Waals surface area contributed by atoms with Gasteiger partial charge in [0.05, 0.1) is 0 Å². The van der Waals surface area contributed by atoms with Crippen LogP contribution >= 0.6 is 23.2 Å². The zero-order valence-electron chi connectivity index (χ0n) is 7.90. The molecule has 0 aromatic rings. The van der Waals surface area contributed by atoms with Crippen LogP contribution in [-0.2, 0) is 13.7 Å². The number of rotatable bonds is 0. The van der Waals surface area contributed by atoms with E-state index in [0.29, 0.717) is 0 Å². The minimum Gasteiger partial charge on any atom is -0.799 e. The average Bonchev–Trinajstić information content (AvgIpc) is 1.41. The molecule has 0 aromatic heterocycles. The van der Waals surface area contributed by atoms with Crippen molar-refractivity contribution >= 4 is 58.0 Å². The molecule has 12 nitrogen and oxygen atoms in total. The first-order valence-corrected chi connectivity index (χ1v) is 7.25. The monoisotopic (exact) mass is 339 g/mol. The van der Waals surface area contributed by atoms with E-state index >= 15 is 0 Å². The molecule has 0 aliphatic carbocycles. The first-order valence-electron chi connectivity index (χ1n) is 2.42. The molecule has 96 valence electrons. The van der Waals surface area contributed by atoms with Crippen molar-refractivity contribution in [1.82, 2.24) is 0 Å². The van der Waals surface area contributed by atoms with Crippen LogP contribution in [0.2, 0.25) is 0 Å². The predicted octanol–water partition coefficient (Wildman–Crippen LogP) is -7.44. The van der Waals surface area contributed by atoms with Crippen molar-refractivity contribution in [3.05, 3.63) is 0 Å². The van der Waals surface area contributed by atoms with Gasteiger partial charge in [0.1, 0.15) is 0 Å². The van der Waals surface area contributed by atoms with Crippen LogP contribution in [0.5, 0.6) is 0 Å². The summed E-state index contributed by atoms with van der Waals surface area (Å²) in [7, 11) is -13.9. The Kier molecular flexibility index (Phi) is 22.7. The molecule has 6 N–H and O–H groups in total. The molecule has 0 heterocycles. The zero-order valence-corrected chi connectivity index (χ0v) is 12.9. The largest absolute Gasteiger partial charge is 3.00 e. The van der Waals surface area contributed by atoms with E-state index in [1.807, 2.05) is 0 Å². The first kappa shape index (κ1) is 31.0. The Morgan fingerprint density at radius 3 is 0.529 bits per heavy atom. The van der Waals surface area contributed by atoms with Crippen molar-refractivity contribution in [2.75, 3.05) is 0 Å².